The summed E-state index contributed by atoms with van der Waals surface area (Å²) >= 11 is 5.08. The summed E-state index contributed by atoms with van der Waals surface area (Å²) in [5.41, 5.74) is 11.4. The highest BCUT2D eigenvalue weighted by atomic mass is 79.9. The van der Waals surface area contributed by atoms with Crippen molar-refractivity contribution in [2.24, 2.45) is 0 Å². The van der Waals surface area contributed by atoms with Crippen LogP contribution in [-0.4, -0.2) is 9.97 Å². The number of hydrogen-bond donors (Lipinski definition) is 1. The molecule has 0 unspecified atom stereocenters. The molecular formula is C25H18BrN3S. The Morgan fingerprint density at radius 3 is 2.37 bits per heavy atom. The van der Waals surface area contributed by atoms with E-state index in [9.17, 15) is 0 Å². The maximum absolute atomic E-state index is 6.32. The first-order valence-corrected chi connectivity index (χ1v) is 11.2. The summed E-state index contributed by atoms with van der Waals surface area (Å²) in [7, 11) is 0. The Bertz CT molecular complexity index is 1380. The number of hydrogen-bond acceptors (Lipinski definition) is 4. The monoisotopic (exact) mass is 471 g/mol. The maximum atomic E-state index is 6.32. The number of fused-ring (bicyclic) bond motifs is 2. The summed E-state index contributed by atoms with van der Waals surface area (Å²) in [6, 6.07) is 27.1. The fraction of sp³-hybridized carbons (Fsp3) is 0.0400. The Balaban J connectivity index is 1.77. The van der Waals surface area contributed by atoms with E-state index < -0.39 is 0 Å². The largest absolute Gasteiger partial charge is 0.381 e. The standard InChI is InChI=1S/C25H18BrN3S/c1-15-6-12-19(13-7-15)30-25-24(27)28-21-14-17-4-2-3-5-20(17)22(23(21)29-25)16-8-10-18(26)11-9-16/h2-14H,1H3,(H2,27,28). The second-order valence-electron chi connectivity index (χ2n) is 7.18. The molecule has 0 saturated heterocycles. The van der Waals surface area contributed by atoms with Crippen LogP contribution in [0.3, 0.4) is 0 Å². The lowest BCUT2D eigenvalue weighted by Crippen LogP contribution is -1.99. The van der Waals surface area contributed by atoms with Crippen molar-refractivity contribution in [3.63, 3.8) is 0 Å². The van der Waals surface area contributed by atoms with Crippen LogP contribution in [0.1, 0.15) is 5.56 Å². The minimum absolute atomic E-state index is 0.449. The van der Waals surface area contributed by atoms with Gasteiger partial charge in [0.1, 0.15) is 5.03 Å². The molecule has 0 atom stereocenters. The van der Waals surface area contributed by atoms with Crippen molar-refractivity contribution >= 4 is 55.3 Å². The van der Waals surface area contributed by atoms with Gasteiger partial charge in [-0.2, -0.15) is 0 Å². The lowest BCUT2D eigenvalue weighted by Gasteiger charge is -2.13. The molecule has 5 rings (SSSR count). The van der Waals surface area contributed by atoms with Crippen LogP contribution in [0, 0.1) is 6.92 Å². The molecule has 4 aromatic carbocycles. The first-order chi connectivity index (χ1) is 14.6. The van der Waals surface area contributed by atoms with Gasteiger partial charge < -0.3 is 5.73 Å². The normalized spacial score (nSPS) is 11.3. The van der Waals surface area contributed by atoms with Crippen LogP contribution in [0.2, 0.25) is 0 Å². The zero-order valence-corrected chi connectivity index (χ0v) is 18.7. The van der Waals surface area contributed by atoms with Crippen molar-refractivity contribution in [3.05, 3.63) is 88.9 Å². The number of benzene rings is 4. The molecule has 5 heteroatoms. The van der Waals surface area contributed by atoms with Gasteiger partial charge in [-0.05, 0) is 53.6 Å². The molecule has 2 N–H and O–H groups in total. The first kappa shape index (κ1) is 19.1. The van der Waals surface area contributed by atoms with Gasteiger partial charge >= 0.3 is 0 Å². The predicted molar refractivity (Wildman–Crippen MR) is 130 cm³/mol. The number of halogens is 1. The number of aryl methyl sites for hydroxylation is 1. The van der Waals surface area contributed by atoms with Crippen molar-refractivity contribution in [3.8, 4) is 11.1 Å². The van der Waals surface area contributed by atoms with E-state index in [1.54, 1.807) is 11.8 Å². The summed E-state index contributed by atoms with van der Waals surface area (Å²) in [5, 5.41) is 2.99. The molecule has 0 aliphatic heterocycles. The van der Waals surface area contributed by atoms with Crippen molar-refractivity contribution < 1.29 is 0 Å². The maximum Gasteiger partial charge on any atom is 0.157 e. The molecule has 0 radical (unpaired) electrons. The summed E-state index contributed by atoms with van der Waals surface area (Å²) in [4.78, 5) is 10.8. The van der Waals surface area contributed by atoms with Gasteiger partial charge in [0.2, 0.25) is 0 Å². The Morgan fingerprint density at radius 1 is 0.867 bits per heavy atom. The predicted octanol–water partition coefficient (Wildman–Crippen LogP) is 7.25. The van der Waals surface area contributed by atoms with Crippen molar-refractivity contribution in [2.75, 3.05) is 5.73 Å². The van der Waals surface area contributed by atoms with Crippen LogP contribution in [0.5, 0.6) is 0 Å². The molecule has 30 heavy (non-hydrogen) atoms. The molecule has 3 nitrogen and oxygen atoms in total. The van der Waals surface area contributed by atoms with E-state index in [1.165, 1.54) is 5.56 Å². The molecule has 0 aliphatic rings. The van der Waals surface area contributed by atoms with Crippen molar-refractivity contribution in [1.82, 2.24) is 9.97 Å². The highest BCUT2D eigenvalue weighted by Crippen LogP contribution is 2.38. The molecule has 0 saturated carbocycles. The minimum atomic E-state index is 0.449. The van der Waals surface area contributed by atoms with E-state index in [1.807, 2.05) is 6.07 Å². The second kappa shape index (κ2) is 7.74. The van der Waals surface area contributed by atoms with Crippen LogP contribution >= 0.6 is 27.7 Å². The number of anilines is 1. The Morgan fingerprint density at radius 2 is 1.60 bits per heavy atom. The highest BCUT2D eigenvalue weighted by Gasteiger charge is 2.15. The minimum Gasteiger partial charge on any atom is -0.381 e. The molecule has 146 valence electrons. The van der Waals surface area contributed by atoms with Gasteiger partial charge in [0.05, 0.1) is 11.0 Å². The Hall–Kier alpha value is -2.89. The van der Waals surface area contributed by atoms with Crippen LogP contribution in [0.15, 0.2) is 93.3 Å². The quantitative estimate of drug-likeness (QED) is 0.281. The van der Waals surface area contributed by atoms with Crippen LogP contribution in [0.4, 0.5) is 5.82 Å². The van der Waals surface area contributed by atoms with E-state index in [2.05, 4.69) is 95.7 Å². The summed E-state index contributed by atoms with van der Waals surface area (Å²) in [6.07, 6.45) is 0. The fourth-order valence-corrected chi connectivity index (χ4v) is 4.61. The number of nitrogens with zero attached hydrogens (tertiary/aromatic N) is 2. The summed E-state index contributed by atoms with van der Waals surface area (Å²) in [5.74, 6) is 0.449. The third-order valence-corrected chi connectivity index (χ3v) is 6.57. The fourth-order valence-electron chi connectivity index (χ4n) is 3.56. The van der Waals surface area contributed by atoms with E-state index in [0.717, 1.165) is 47.3 Å². The number of rotatable bonds is 3. The smallest absolute Gasteiger partial charge is 0.157 e. The van der Waals surface area contributed by atoms with Crippen molar-refractivity contribution in [1.29, 1.82) is 0 Å². The highest BCUT2D eigenvalue weighted by molar-refractivity contribution is 9.10. The lowest BCUT2D eigenvalue weighted by atomic mass is 9.96. The van der Waals surface area contributed by atoms with E-state index in [-0.39, 0.29) is 0 Å². The van der Waals surface area contributed by atoms with E-state index >= 15 is 0 Å². The molecular weight excluding hydrogens is 454 g/mol. The summed E-state index contributed by atoms with van der Waals surface area (Å²) < 4.78 is 1.04. The van der Waals surface area contributed by atoms with E-state index in [0.29, 0.717) is 5.82 Å². The topological polar surface area (TPSA) is 51.8 Å². The number of aromatic nitrogens is 2. The van der Waals surface area contributed by atoms with E-state index in [4.69, 9.17) is 15.7 Å². The van der Waals surface area contributed by atoms with Crippen LogP contribution in [-0.2, 0) is 0 Å². The van der Waals surface area contributed by atoms with Crippen LogP contribution in [0.25, 0.3) is 32.9 Å². The second-order valence-corrected chi connectivity index (χ2v) is 9.15. The average molecular weight is 472 g/mol. The summed E-state index contributed by atoms with van der Waals surface area (Å²) in [6.45, 7) is 2.08. The van der Waals surface area contributed by atoms with Gasteiger partial charge in [-0.3, -0.25) is 0 Å². The Kier molecular flexibility index (Phi) is 4.93. The van der Waals surface area contributed by atoms with Gasteiger partial charge in [-0.15, -0.1) is 0 Å². The molecule has 0 spiro atoms. The third kappa shape index (κ3) is 3.55. The molecule has 5 aromatic rings. The molecule has 0 bridgehead atoms. The zero-order valence-electron chi connectivity index (χ0n) is 16.3. The lowest BCUT2D eigenvalue weighted by molar-refractivity contribution is 1.13. The molecule has 1 heterocycles. The van der Waals surface area contributed by atoms with Gasteiger partial charge in [-0.25, -0.2) is 9.97 Å². The Labute approximate surface area is 187 Å². The van der Waals surface area contributed by atoms with Gasteiger partial charge in [0, 0.05) is 14.9 Å². The van der Waals surface area contributed by atoms with Crippen molar-refractivity contribution in [2.45, 2.75) is 16.8 Å². The molecule has 0 amide bonds. The number of nitrogens with two attached hydrogens (primary N) is 1. The number of nitrogen functional groups attached to an aromatic ring is 1. The third-order valence-electron chi connectivity index (χ3n) is 5.04. The van der Waals surface area contributed by atoms with Gasteiger partial charge in [0.25, 0.3) is 0 Å². The molecule has 0 fully saturated rings. The average Bonchev–Trinajstić information content (AvgIpc) is 2.75. The molecule has 1 aromatic heterocycles. The molecule has 0 aliphatic carbocycles. The van der Waals surface area contributed by atoms with Crippen LogP contribution < -0.4 is 5.73 Å². The van der Waals surface area contributed by atoms with Gasteiger partial charge in [0.15, 0.2) is 5.82 Å². The first-order valence-electron chi connectivity index (χ1n) is 9.58. The SMILES string of the molecule is Cc1ccc(Sc2nc3c(-c4ccc(Br)cc4)c4ccccc4cc3nc2N)cc1. The zero-order chi connectivity index (χ0) is 20.7. The van der Waals surface area contributed by atoms with Gasteiger partial charge in [-0.1, -0.05) is 81.8 Å².